The van der Waals surface area contributed by atoms with E-state index in [4.69, 9.17) is 11.6 Å². The van der Waals surface area contributed by atoms with E-state index in [1.807, 2.05) is 23.6 Å². The van der Waals surface area contributed by atoms with E-state index in [-0.39, 0.29) is 5.91 Å². The average Bonchev–Trinajstić information content (AvgIpc) is 2.29. The summed E-state index contributed by atoms with van der Waals surface area (Å²) in [4.78, 5) is 15.1. The van der Waals surface area contributed by atoms with Gasteiger partial charge in [0.2, 0.25) is 0 Å². The molecule has 1 heterocycles. The van der Waals surface area contributed by atoms with E-state index >= 15 is 0 Å². The third-order valence-electron chi connectivity index (χ3n) is 1.51. The first-order valence-electron chi connectivity index (χ1n) is 4.20. The van der Waals surface area contributed by atoms with Crippen molar-refractivity contribution in [3.05, 3.63) is 24.4 Å². The Balaban J connectivity index is 2.25. The summed E-state index contributed by atoms with van der Waals surface area (Å²) in [5.41, 5.74) is 7.56. The van der Waals surface area contributed by atoms with Crippen LogP contribution in [0.25, 0.3) is 0 Å². The predicted octanol–water partition coefficient (Wildman–Crippen LogP) is 0.139. The molecule has 5 nitrogen and oxygen atoms in total. The van der Waals surface area contributed by atoms with E-state index in [1.165, 1.54) is 21.6 Å². The minimum absolute atomic E-state index is 0.357. The number of nitrogens with two attached hydrogens (primary N) is 2. The van der Waals surface area contributed by atoms with Crippen LogP contribution in [-0.2, 0) is 4.79 Å². The predicted molar refractivity (Wildman–Crippen MR) is 62.9 cm³/mol. The fourth-order valence-corrected chi connectivity index (χ4v) is 2.77. The molecule has 0 bridgehead atoms. The Morgan fingerprint density at radius 1 is 1.60 bits per heavy atom. The summed E-state index contributed by atoms with van der Waals surface area (Å²) in [7, 11) is 2.95. The largest absolute Gasteiger partial charge is 0.319 e. The van der Waals surface area contributed by atoms with Crippen molar-refractivity contribution in [3.8, 4) is 0 Å². The third kappa shape index (κ3) is 4.52. The number of amides is 1. The second-order valence-electron chi connectivity index (χ2n) is 2.65. The van der Waals surface area contributed by atoms with Crippen LogP contribution < -0.4 is 17.0 Å². The quantitative estimate of drug-likeness (QED) is 0.295. The Hall–Kier alpha value is -0.760. The smallest absolute Gasteiger partial charge is 0.251 e. The zero-order valence-electron chi connectivity index (χ0n) is 7.92. The van der Waals surface area contributed by atoms with Crippen LogP contribution in [0.5, 0.6) is 0 Å². The Morgan fingerprint density at radius 2 is 2.40 bits per heavy atom. The van der Waals surface area contributed by atoms with Crippen molar-refractivity contribution in [1.29, 1.82) is 0 Å². The Labute approximate surface area is 95.8 Å². The molecule has 0 aromatic carbocycles. The van der Waals surface area contributed by atoms with Crippen molar-refractivity contribution >= 4 is 27.5 Å². The van der Waals surface area contributed by atoms with Gasteiger partial charge >= 0.3 is 0 Å². The molecule has 82 valence electrons. The van der Waals surface area contributed by atoms with Crippen LogP contribution >= 0.6 is 21.6 Å². The van der Waals surface area contributed by atoms with Gasteiger partial charge in [-0.05, 0) is 22.9 Å². The van der Waals surface area contributed by atoms with Gasteiger partial charge in [-0.3, -0.25) is 10.2 Å². The lowest BCUT2D eigenvalue weighted by atomic mass is 10.3. The summed E-state index contributed by atoms with van der Waals surface area (Å²) >= 11 is 0. The summed E-state index contributed by atoms with van der Waals surface area (Å²) in [6.07, 6.45) is 1.72. The summed E-state index contributed by atoms with van der Waals surface area (Å²) in [6, 6.07) is 5.06. The van der Waals surface area contributed by atoms with Gasteiger partial charge in [0.15, 0.2) is 0 Å². The molecule has 1 atom stereocenters. The van der Waals surface area contributed by atoms with Crippen molar-refractivity contribution in [3.63, 3.8) is 0 Å². The van der Waals surface area contributed by atoms with E-state index in [2.05, 4.69) is 4.98 Å². The van der Waals surface area contributed by atoms with E-state index in [0.29, 0.717) is 5.75 Å². The number of aromatic nitrogens is 1. The zero-order valence-corrected chi connectivity index (χ0v) is 9.55. The van der Waals surface area contributed by atoms with Gasteiger partial charge in [0, 0.05) is 11.9 Å². The van der Waals surface area contributed by atoms with E-state index in [1.54, 1.807) is 6.20 Å². The van der Waals surface area contributed by atoms with Gasteiger partial charge in [0.1, 0.15) is 5.03 Å². The van der Waals surface area contributed by atoms with Crippen LogP contribution in [0, 0.1) is 0 Å². The van der Waals surface area contributed by atoms with E-state index < -0.39 is 6.04 Å². The molecule has 0 unspecified atom stereocenters. The number of carbonyl (C=O) groups excluding carboxylic acids is 1. The zero-order chi connectivity index (χ0) is 11.1. The van der Waals surface area contributed by atoms with Crippen molar-refractivity contribution in [2.24, 2.45) is 11.6 Å². The highest BCUT2D eigenvalue weighted by atomic mass is 33.1. The standard InChI is InChI=1S/C8H12N4OS2/c9-6(8(13)12-10)5-14-15-7-3-1-2-4-11-7/h1-4,6H,5,9-10H2,(H,12,13)/t6-/m0/s1. The summed E-state index contributed by atoms with van der Waals surface area (Å²) < 4.78 is 0. The van der Waals surface area contributed by atoms with Crippen LogP contribution in [-0.4, -0.2) is 22.7 Å². The summed E-state index contributed by atoms with van der Waals surface area (Å²) in [6.45, 7) is 0. The van der Waals surface area contributed by atoms with Gasteiger partial charge in [-0.2, -0.15) is 0 Å². The molecule has 0 aliphatic carbocycles. The number of hydrogen-bond acceptors (Lipinski definition) is 6. The fourth-order valence-electron chi connectivity index (χ4n) is 0.747. The van der Waals surface area contributed by atoms with E-state index in [9.17, 15) is 4.79 Å². The minimum Gasteiger partial charge on any atom is -0.319 e. The van der Waals surface area contributed by atoms with Crippen LogP contribution in [0.15, 0.2) is 29.4 Å². The molecule has 0 aliphatic rings. The van der Waals surface area contributed by atoms with Gasteiger partial charge in [-0.15, -0.1) is 0 Å². The first-order valence-corrected chi connectivity index (χ1v) is 6.52. The fraction of sp³-hybridized carbons (Fsp3) is 0.250. The van der Waals surface area contributed by atoms with Gasteiger partial charge < -0.3 is 5.73 Å². The number of hydrogen-bond donors (Lipinski definition) is 3. The molecule has 0 radical (unpaired) electrons. The van der Waals surface area contributed by atoms with Gasteiger partial charge in [-0.1, -0.05) is 16.9 Å². The van der Waals surface area contributed by atoms with Crippen LogP contribution in [0.3, 0.4) is 0 Å². The summed E-state index contributed by atoms with van der Waals surface area (Å²) in [5, 5.41) is 0.892. The van der Waals surface area contributed by atoms with Crippen LogP contribution in [0.4, 0.5) is 0 Å². The molecule has 0 fully saturated rings. The molecule has 1 aromatic heterocycles. The molecule has 1 rings (SSSR count). The monoisotopic (exact) mass is 244 g/mol. The third-order valence-corrected chi connectivity index (χ3v) is 3.81. The van der Waals surface area contributed by atoms with E-state index in [0.717, 1.165) is 5.03 Å². The molecule has 1 aromatic rings. The number of carbonyl (C=O) groups is 1. The highest BCUT2D eigenvalue weighted by molar-refractivity contribution is 8.76. The minimum atomic E-state index is -0.587. The highest BCUT2D eigenvalue weighted by Crippen LogP contribution is 2.28. The van der Waals surface area contributed by atoms with Crippen LogP contribution in [0.2, 0.25) is 0 Å². The lowest BCUT2D eigenvalue weighted by Gasteiger charge is -2.07. The molecule has 1 amide bonds. The molecular formula is C8H12N4OS2. The number of hydrazine groups is 1. The molecule has 0 spiro atoms. The Kier molecular flexibility index (Phi) is 5.48. The lowest BCUT2D eigenvalue weighted by Crippen LogP contribution is -2.45. The SMILES string of the molecule is NNC(=O)[C@@H](N)CSSc1ccccn1. The first kappa shape index (κ1) is 12.3. The summed E-state index contributed by atoms with van der Waals surface area (Å²) in [5.74, 6) is 5.08. The van der Waals surface area contributed by atoms with Gasteiger partial charge in [-0.25, -0.2) is 10.8 Å². The van der Waals surface area contributed by atoms with Crippen molar-refractivity contribution in [2.75, 3.05) is 5.75 Å². The maximum absolute atomic E-state index is 11.0. The molecule has 0 saturated carbocycles. The van der Waals surface area contributed by atoms with Gasteiger partial charge in [0.25, 0.3) is 5.91 Å². The topological polar surface area (TPSA) is 94.0 Å². The molecule has 7 heteroatoms. The molecule has 15 heavy (non-hydrogen) atoms. The Bertz CT molecular complexity index is 309. The second-order valence-corrected chi connectivity index (χ2v) is 5.01. The number of nitrogens with one attached hydrogen (secondary N) is 1. The Morgan fingerprint density at radius 3 is 3.00 bits per heavy atom. The van der Waals surface area contributed by atoms with Gasteiger partial charge in [0.05, 0.1) is 6.04 Å². The molecule has 0 aliphatic heterocycles. The number of pyridine rings is 1. The number of nitrogens with zero attached hydrogens (tertiary/aromatic N) is 1. The highest BCUT2D eigenvalue weighted by Gasteiger charge is 2.11. The van der Waals surface area contributed by atoms with Crippen molar-refractivity contribution in [2.45, 2.75) is 11.1 Å². The first-order chi connectivity index (χ1) is 7.24. The lowest BCUT2D eigenvalue weighted by molar-refractivity contribution is -0.121. The normalized spacial score (nSPS) is 12.1. The van der Waals surface area contributed by atoms with Crippen molar-refractivity contribution < 1.29 is 4.79 Å². The second kappa shape index (κ2) is 6.67. The molecular weight excluding hydrogens is 232 g/mol. The number of rotatable bonds is 5. The maximum Gasteiger partial charge on any atom is 0.251 e. The molecule has 5 N–H and O–H groups in total. The van der Waals surface area contributed by atoms with Crippen molar-refractivity contribution in [1.82, 2.24) is 10.4 Å². The average molecular weight is 244 g/mol. The van der Waals surface area contributed by atoms with Crippen LogP contribution in [0.1, 0.15) is 0 Å². The maximum atomic E-state index is 11.0. The molecule has 0 saturated heterocycles.